The first-order valence-electron chi connectivity index (χ1n) is 6.94. The fraction of sp³-hybridized carbons (Fsp3) is 0.294. The van der Waals surface area contributed by atoms with Crippen molar-refractivity contribution < 1.29 is 9.50 Å². The van der Waals surface area contributed by atoms with Crippen LogP contribution in [-0.4, -0.2) is 5.11 Å². The lowest BCUT2D eigenvalue weighted by atomic mass is 9.92. The lowest BCUT2D eigenvalue weighted by Gasteiger charge is -2.33. The van der Waals surface area contributed by atoms with Gasteiger partial charge in [-0.3, -0.25) is 0 Å². The Bertz CT molecular complexity index is 579. The van der Waals surface area contributed by atoms with E-state index < -0.39 is 0 Å². The van der Waals surface area contributed by atoms with Crippen LogP contribution in [0.15, 0.2) is 48.5 Å². The predicted molar refractivity (Wildman–Crippen MR) is 84.7 cm³/mol. The smallest absolute Gasteiger partial charge is 0.130 e. The number of halogens is 1. The highest BCUT2D eigenvalue weighted by molar-refractivity contribution is 7.48. The highest BCUT2D eigenvalue weighted by atomic mass is 31.1. The van der Waals surface area contributed by atoms with E-state index in [1.54, 1.807) is 12.1 Å². The molecule has 1 nitrogen and oxygen atoms in total. The number of hydrogen-bond donors (Lipinski definition) is 1. The molecule has 0 heterocycles. The molecule has 2 rings (SSSR count). The van der Waals surface area contributed by atoms with Crippen molar-refractivity contribution in [2.75, 3.05) is 0 Å². The van der Waals surface area contributed by atoms with Crippen molar-refractivity contribution in [1.82, 2.24) is 0 Å². The van der Waals surface area contributed by atoms with Gasteiger partial charge >= 0.3 is 0 Å². The quantitative estimate of drug-likeness (QED) is 0.801. The molecule has 20 heavy (non-hydrogen) atoms. The summed E-state index contributed by atoms with van der Waals surface area (Å²) in [5.74, 6) is 0.146. The Morgan fingerprint density at radius 2 is 1.60 bits per heavy atom. The van der Waals surface area contributed by atoms with Crippen molar-refractivity contribution in [3.05, 3.63) is 59.9 Å². The topological polar surface area (TPSA) is 20.2 Å². The third-order valence-electron chi connectivity index (χ3n) is 3.87. The van der Waals surface area contributed by atoms with Crippen molar-refractivity contribution in [3.8, 4) is 5.75 Å². The second kappa shape index (κ2) is 6.37. The van der Waals surface area contributed by atoms with E-state index in [4.69, 9.17) is 0 Å². The van der Waals surface area contributed by atoms with Crippen LogP contribution in [0.25, 0.3) is 0 Å². The van der Waals surface area contributed by atoms with Crippen molar-refractivity contribution in [2.24, 2.45) is 0 Å². The van der Waals surface area contributed by atoms with Gasteiger partial charge in [0.05, 0.1) is 0 Å². The zero-order valence-electron chi connectivity index (χ0n) is 11.9. The number of aromatic hydroxyl groups is 1. The summed E-state index contributed by atoms with van der Waals surface area (Å²) in [5.41, 5.74) is 0.923. The summed E-state index contributed by atoms with van der Waals surface area (Å²) in [6.45, 7) is 4.20. The maximum atomic E-state index is 14.0. The van der Waals surface area contributed by atoms with Crippen LogP contribution in [-0.2, 0) is 5.16 Å². The van der Waals surface area contributed by atoms with E-state index in [0.717, 1.165) is 23.7 Å². The summed E-state index contributed by atoms with van der Waals surface area (Å²) >= 11 is 0. The summed E-state index contributed by atoms with van der Waals surface area (Å²) in [6, 6.07) is 14.3. The Morgan fingerprint density at radius 3 is 2.20 bits per heavy atom. The van der Waals surface area contributed by atoms with Gasteiger partial charge in [0.1, 0.15) is 11.6 Å². The standard InChI is InChI=1S/C17H20FOP/c1-3-17(4-2,13-9-5-7-11-15(13)19)20-16-12-8-6-10-14(16)18/h5-12,19-20H,3-4H2,1-2H3. The molecule has 0 amide bonds. The molecule has 0 saturated heterocycles. The lowest BCUT2D eigenvalue weighted by Crippen LogP contribution is -2.22. The van der Waals surface area contributed by atoms with Gasteiger partial charge in [-0.1, -0.05) is 58.8 Å². The number of benzene rings is 2. The van der Waals surface area contributed by atoms with Gasteiger partial charge in [0.2, 0.25) is 0 Å². The van der Waals surface area contributed by atoms with Gasteiger partial charge in [0, 0.05) is 16.0 Å². The zero-order valence-corrected chi connectivity index (χ0v) is 12.9. The lowest BCUT2D eigenvalue weighted by molar-refractivity contribution is 0.448. The number of phenolic OH excluding ortho intramolecular Hbond substituents is 1. The van der Waals surface area contributed by atoms with Gasteiger partial charge < -0.3 is 5.11 Å². The van der Waals surface area contributed by atoms with Gasteiger partial charge in [-0.15, -0.1) is 0 Å². The van der Waals surface area contributed by atoms with Crippen molar-refractivity contribution in [2.45, 2.75) is 31.8 Å². The third kappa shape index (κ3) is 2.86. The molecule has 1 atom stereocenters. The summed E-state index contributed by atoms with van der Waals surface area (Å²) in [4.78, 5) is 0. The fourth-order valence-corrected chi connectivity index (χ4v) is 4.17. The Labute approximate surface area is 121 Å². The normalized spacial score (nSPS) is 12.2. The zero-order chi connectivity index (χ0) is 14.6. The monoisotopic (exact) mass is 290 g/mol. The van der Waals surface area contributed by atoms with Crippen LogP contribution in [0.4, 0.5) is 4.39 Å². The second-order valence-electron chi connectivity index (χ2n) is 4.91. The highest BCUT2D eigenvalue weighted by Crippen LogP contribution is 2.49. The minimum absolute atomic E-state index is 0.160. The number of phenols is 1. The molecule has 0 aliphatic heterocycles. The van der Waals surface area contributed by atoms with E-state index in [-0.39, 0.29) is 11.0 Å². The summed E-state index contributed by atoms with van der Waals surface area (Å²) in [7, 11) is 0.304. The molecule has 1 N–H and O–H groups in total. The van der Waals surface area contributed by atoms with E-state index in [9.17, 15) is 9.50 Å². The van der Waals surface area contributed by atoms with E-state index in [1.165, 1.54) is 6.07 Å². The second-order valence-corrected chi connectivity index (χ2v) is 6.66. The van der Waals surface area contributed by atoms with Crippen LogP contribution in [0.2, 0.25) is 0 Å². The van der Waals surface area contributed by atoms with Crippen molar-refractivity contribution in [1.29, 1.82) is 0 Å². The van der Waals surface area contributed by atoms with E-state index >= 15 is 0 Å². The number of hydrogen-bond acceptors (Lipinski definition) is 1. The molecule has 0 bridgehead atoms. The van der Waals surface area contributed by atoms with Crippen LogP contribution >= 0.6 is 8.58 Å². The largest absolute Gasteiger partial charge is 0.508 e. The van der Waals surface area contributed by atoms with E-state index in [1.807, 2.05) is 30.3 Å². The Hall–Kier alpha value is -1.40. The maximum Gasteiger partial charge on any atom is 0.130 e. The molecule has 0 aromatic heterocycles. The van der Waals surface area contributed by atoms with E-state index in [0.29, 0.717) is 14.3 Å². The SMILES string of the molecule is CCC(CC)(Pc1ccccc1F)c1ccccc1O. The maximum absolute atomic E-state index is 14.0. The first-order chi connectivity index (χ1) is 9.63. The molecule has 0 saturated carbocycles. The highest BCUT2D eigenvalue weighted by Gasteiger charge is 2.31. The summed E-state index contributed by atoms with van der Waals surface area (Å²) in [6.07, 6.45) is 1.74. The van der Waals surface area contributed by atoms with Crippen LogP contribution in [0.5, 0.6) is 5.75 Å². The molecule has 106 valence electrons. The Morgan fingerprint density at radius 1 is 1.00 bits per heavy atom. The molecular weight excluding hydrogens is 270 g/mol. The van der Waals surface area contributed by atoms with Crippen LogP contribution in [0.3, 0.4) is 0 Å². The summed E-state index contributed by atoms with van der Waals surface area (Å²) < 4.78 is 14.0. The molecule has 2 aromatic rings. The molecule has 0 radical (unpaired) electrons. The first kappa shape index (κ1) is 15.0. The molecule has 0 spiro atoms. The molecule has 1 unspecified atom stereocenters. The molecule has 3 heteroatoms. The minimum Gasteiger partial charge on any atom is -0.508 e. The number of para-hydroxylation sites is 1. The molecule has 0 aliphatic carbocycles. The molecule has 2 aromatic carbocycles. The van der Waals surface area contributed by atoms with Gasteiger partial charge in [0.25, 0.3) is 0 Å². The average molecular weight is 290 g/mol. The van der Waals surface area contributed by atoms with Gasteiger partial charge in [0.15, 0.2) is 0 Å². The summed E-state index contributed by atoms with van der Waals surface area (Å²) in [5, 5.41) is 10.7. The number of rotatable bonds is 5. The van der Waals surface area contributed by atoms with E-state index in [2.05, 4.69) is 13.8 Å². The van der Waals surface area contributed by atoms with Crippen molar-refractivity contribution in [3.63, 3.8) is 0 Å². The predicted octanol–water partition coefficient (Wildman–Crippen LogP) is 4.55. The average Bonchev–Trinajstić information content (AvgIpc) is 2.48. The van der Waals surface area contributed by atoms with Crippen LogP contribution in [0.1, 0.15) is 32.3 Å². The Kier molecular flexibility index (Phi) is 4.77. The molecular formula is C17H20FOP. The first-order valence-corrected chi connectivity index (χ1v) is 7.94. The van der Waals surface area contributed by atoms with Gasteiger partial charge in [-0.25, -0.2) is 4.39 Å². The third-order valence-corrected chi connectivity index (χ3v) is 6.00. The van der Waals surface area contributed by atoms with Gasteiger partial charge in [-0.2, -0.15) is 0 Å². The molecule has 0 fully saturated rings. The van der Waals surface area contributed by atoms with Crippen LogP contribution in [0, 0.1) is 5.82 Å². The fourth-order valence-electron chi connectivity index (χ4n) is 2.57. The Balaban J connectivity index is 2.46. The van der Waals surface area contributed by atoms with Gasteiger partial charge in [-0.05, 0) is 25.0 Å². The minimum atomic E-state index is -0.201. The molecule has 0 aliphatic rings. The van der Waals surface area contributed by atoms with Crippen molar-refractivity contribution >= 4 is 13.9 Å². The van der Waals surface area contributed by atoms with Crippen LogP contribution < -0.4 is 5.30 Å².